The monoisotopic (exact) mass is 452 g/mol. The molecule has 0 atom stereocenters. The predicted molar refractivity (Wildman–Crippen MR) is 111 cm³/mol. The first-order valence-electron chi connectivity index (χ1n) is 9.66. The van der Waals surface area contributed by atoms with E-state index in [0.717, 1.165) is 5.56 Å². The van der Waals surface area contributed by atoms with Gasteiger partial charge < -0.3 is 25.9 Å². The summed E-state index contributed by atoms with van der Waals surface area (Å²) in [6.45, 7) is 2.93. The number of rotatable bonds is 5. The number of hydrazone groups is 1. The molecule has 0 aliphatic carbocycles. The number of carbonyl (C=O) groups is 1. The van der Waals surface area contributed by atoms with Gasteiger partial charge in [-0.1, -0.05) is 18.2 Å². The maximum atomic E-state index is 12.4. The molecule has 5 N–H and O–H groups in total. The van der Waals surface area contributed by atoms with E-state index in [2.05, 4.69) is 20.1 Å². The maximum Gasteiger partial charge on any atom is 0.573 e. The molecule has 1 aliphatic rings. The van der Waals surface area contributed by atoms with Crippen LogP contribution in [-0.2, 0) is 6.54 Å². The van der Waals surface area contributed by atoms with Gasteiger partial charge >= 0.3 is 12.4 Å². The number of benzene rings is 2. The predicted octanol–water partition coefficient (Wildman–Crippen LogP) is 2.39. The molecule has 12 heteroatoms. The van der Waals surface area contributed by atoms with Crippen LogP contribution < -0.4 is 26.4 Å². The molecule has 0 aromatic heterocycles. The summed E-state index contributed by atoms with van der Waals surface area (Å²) < 4.78 is 46.8. The summed E-state index contributed by atoms with van der Waals surface area (Å²) in [5.74, 6) is 5.22. The number of urea groups is 1. The van der Waals surface area contributed by atoms with E-state index < -0.39 is 6.36 Å². The molecule has 1 aliphatic heterocycles. The van der Waals surface area contributed by atoms with Crippen molar-refractivity contribution in [2.75, 3.05) is 26.2 Å². The first kappa shape index (κ1) is 23.0. The molecule has 9 nitrogen and oxygen atoms in total. The number of halogens is 3. The van der Waals surface area contributed by atoms with Gasteiger partial charge in [-0.25, -0.2) is 4.79 Å². The summed E-state index contributed by atoms with van der Waals surface area (Å²) >= 11 is 0. The van der Waals surface area contributed by atoms with Crippen LogP contribution in [0.4, 0.5) is 18.0 Å². The summed E-state index contributed by atoms with van der Waals surface area (Å²) in [6.07, 6.45) is -4.77. The third-order valence-electron chi connectivity index (χ3n) is 4.61. The second kappa shape index (κ2) is 10.1. The number of hydrogen-bond donors (Lipinski definition) is 3. The van der Waals surface area contributed by atoms with Gasteiger partial charge in [0.05, 0.1) is 0 Å². The fraction of sp³-hybridized carbons (Fsp3) is 0.300. The summed E-state index contributed by atoms with van der Waals surface area (Å²) in [4.78, 5) is 15.8. The van der Waals surface area contributed by atoms with E-state index >= 15 is 0 Å². The van der Waals surface area contributed by atoms with Gasteiger partial charge in [0.15, 0.2) is 0 Å². The smallest absolute Gasteiger partial charge is 0.457 e. The molecule has 3 rings (SSSR count). The molecule has 172 valence electrons. The average Bonchev–Trinajstić information content (AvgIpc) is 2.73. The van der Waals surface area contributed by atoms with Crippen molar-refractivity contribution in [3.05, 3.63) is 54.1 Å². The minimum Gasteiger partial charge on any atom is -0.457 e. The molecule has 0 bridgehead atoms. The zero-order chi connectivity index (χ0) is 23.1. The Hall–Kier alpha value is -3.67. The minimum atomic E-state index is -4.77. The van der Waals surface area contributed by atoms with Gasteiger partial charge in [-0.05, 0) is 29.8 Å². The second-order valence-corrected chi connectivity index (χ2v) is 6.98. The van der Waals surface area contributed by atoms with Crippen LogP contribution >= 0.6 is 0 Å². The van der Waals surface area contributed by atoms with Crippen molar-refractivity contribution < 1.29 is 27.4 Å². The van der Waals surface area contributed by atoms with Crippen LogP contribution in [-0.4, -0.2) is 54.3 Å². The Labute approximate surface area is 182 Å². The third kappa shape index (κ3) is 6.94. The number of nitrogens with zero attached hydrogens (tertiary/aromatic N) is 3. The second-order valence-electron chi connectivity index (χ2n) is 6.98. The number of ether oxygens (including phenoxy) is 2. The highest BCUT2D eigenvalue weighted by molar-refractivity contribution is 5.95. The van der Waals surface area contributed by atoms with Crippen LogP contribution in [0.1, 0.15) is 5.56 Å². The molecule has 0 radical (unpaired) electrons. The summed E-state index contributed by atoms with van der Waals surface area (Å²) in [5, 5.41) is 5.60. The Bertz CT molecular complexity index is 962. The fourth-order valence-corrected chi connectivity index (χ4v) is 3.17. The largest absolute Gasteiger partial charge is 0.573 e. The lowest BCUT2D eigenvalue weighted by atomic mass is 10.2. The van der Waals surface area contributed by atoms with Crippen molar-refractivity contribution in [3.63, 3.8) is 0 Å². The van der Waals surface area contributed by atoms with Crippen LogP contribution in [0.2, 0.25) is 0 Å². The lowest BCUT2D eigenvalue weighted by Crippen LogP contribution is -2.53. The molecule has 32 heavy (non-hydrogen) atoms. The highest BCUT2D eigenvalue weighted by Gasteiger charge is 2.31. The first-order valence-corrected chi connectivity index (χ1v) is 9.66. The first-order chi connectivity index (χ1) is 15.2. The molecule has 1 heterocycles. The third-order valence-corrected chi connectivity index (χ3v) is 4.61. The molecular weight excluding hydrogens is 429 g/mol. The summed E-state index contributed by atoms with van der Waals surface area (Å²) in [6, 6.07) is 12.2. The lowest BCUT2D eigenvalue weighted by Gasteiger charge is -2.34. The van der Waals surface area contributed by atoms with E-state index in [4.69, 9.17) is 16.3 Å². The van der Waals surface area contributed by atoms with Gasteiger partial charge in [0.1, 0.15) is 17.2 Å². The number of carbonyl (C=O) groups excluding carboxylic acids is 1. The lowest BCUT2D eigenvalue weighted by molar-refractivity contribution is -0.274. The highest BCUT2D eigenvalue weighted by Crippen LogP contribution is 2.29. The molecule has 0 spiro atoms. The number of guanidine groups is 1. The van der Waals surface area contributed by atoms with E-state index in [1.54, 1.807) is 23.1 Å². The number of nitrogens with one attached hydrogen (secondary N) is 1. The van der Waals surface area contributed by atoms with Crippen LogP contribution in [0.25, 0.3) is 0 Å². The molecule has 1 fully saturated rings. The number of nitrogens with two attached hydrogens (primary N) is 2. The Balaban J connectivity index is 1.55. The molecule has 2 aromatic carbocycles. The topological polar surface area (TPSA) is 118 Å². The minimum absolute atomic E-state index is 0.148. The molecular formula is C20H23F3N6O3. The van der Waals surface area contributed by atoms with Gasteiger partial charge in [0.25, 0.3) is 0 Å². The zero-order valence-electron chi connectivity index (χ0n) is 17.0. The maximum absolute atomic E-state index is 12.4. The molecule has 0 saturated carbocycles. The van der Waals surface area contributed by atoms with Gasteiger partial charge in [-0.3, -0.25) is 10.2 Å². The Morgan fingerprint density at radius 3 is 2.31 bits per heavy atom. The van der Waals surface area contributed by atoms with E-state index in [1.807, 2.05) is 12.1 Å². The van der Waals surface area contributed by atoms with Crippen molar-refractivity contribution in [3.8, 4) is 17.2 Å². The van der Waals surface area contributed by atoms with Crippen LogP contribution in [0, 0.1) is 0 Å². The average molecular weight is 452 g/mol. The van der Waals surface area contributed by atoms with Crippen molar-refractivity contribution in [1.82, 2.24) is 15.1 Å². The molecule has 1 saturated heterocycles. The van der Waals surface area contributed by atoms with Crippen molar-refractivity contribution in [2.24, 2.45) is 16.7 Å². The van der Waals surface area contributed by atoms with Gasteiger partial charge in [-0.2, -0.15) is 0 Å². The van der Waals surface area contributed by atoms with Gasteiger partial charge in [-0.15, -0.1) is 18.3 Å². The van der Waals surface area contributed by atoms with E-state index in [0.29, 0.717) is 38.5 Å². The Morgan fingerprint density at radius 2 is 1.66 bits per heavy atom. The van der Waals surface area contributed by atoms with Crippen LogP contribution in [0.3, 0.4) is 0 Å². The summed E-state index contributed by atoms with van der Waals surface area (Å²) in [7, 11) is 0. The van der Waals surface area contributed by atoms with E-state index in [1.165, 1.54) is 18.2 Å². The van der Waals surface area contributed by atoms with Gasteiger partial charge in [0, 0.05) is 38.8 Å². The number of piperazine rings is 1. The zero-order valence-corrected chi connectivity index (χ0v) is 17.0. The molecule has 0 unspecified atom stereocenters. The normalized spacial score (nSPS) is 15.3. The number of amides is 2. The van der Waals surface area contributed by atoms with Crippen LogP contribution in [0.15, 0.2) is 53.6 Å². The summed E-state index contributed by atoms with van der Waals surface area (Å²) in [5.41, 5.74) is 6.36. The van der Waals surface area contributed by atoms with Crippen molar-refractivity contribution in [2.45, 2.75) is 12.9 Å². The van der Waals surface area contributed by atoms with E-state index in [9.17, 15) is 18.0 Å². The van der Waals surface area contributed by atoms with Crippen molar-refractivity contribution in [1.29, 1.82) is 0 Å². The van der Waals surface area contributed by atoms with Crippen molar-refractivity contribution >= 4 is 12.0 Å². The molecule has 2 amide bonds. The highest BCUT2D eigenvalue weighted by atomic mass is 19.4. The fourth-order valence-electron chi connectivity index (χ4n) is 3.17. The Kier molecular flexibility index (Phi) is 7.25. The standard InChI is InChI=1S/C20H23F3N6O3/c21-20(22,23)32-17-6-2-5-16(12-17)31-15-4-1-3-14(11-15)13-28-7-9-29(10-8-28)19(30)26-18(24)27-25/h1-6,11-12H,7-10,13,25H2,(H3,24,26,27,30). The van der Waals surface area contributed by atoms with Crippen LogP contribution in [0.5, 0.6) is 17.2 Å². The van der Waals surface area contributed by atoms with Gasteiger partial charge in [0.2, 0.25) is 5.96 Å². The SMILES string of the molecule is N/N=C(\N)NC(=O)N1CCN(Cc2cccc(Oc3cccc(OC(F)(F)F)c3)c2)CC1. The molecule has 2 aromatic rings. The number of alkyl halides is 3. The number of hydrogen-bond acceptors (Lipinski definition) is 6. The van der Waals surface area contributed by atoms with E-state index in [-0.39, 0.29) is 23.5 Å². The Morgan fingerprint density at radius 1 is 1.03 bits per heavy atom. The quantitative estimate of drug-likeness (QED) is 0.278.